The van der Waals surface area contributed by atoms with Crippen LogP contribution in [0.5, 0.6) is 0 Å². The van der Waals surface area contributed by atoms with Gasteiger partial charge < -0.3 is 0 Å². The molecule has 0 aromatic carbocycles. The van der Waals surface area contributed by atoms with Crippen molar-refractivity contribution in [1.29, 1.82) is 0 Å². The van der Waals surface area contributed by atoms with Gasteiger partial charge in [0.25, 0.3) is 6.04 Å². The Kier molecular flexibility index (Phi) is 2.78. The first kappa shape index (κ1) is 9.16. The standard InChI is InChI=1S/C8H13NO3/c1-2-6-3-4-8(10)7(5-6)9(11)12/h6-7H,2-5H2,1H3/t6-,7+/m1/s1. The minimum absolute atomic E-state index is 0.190. The number of carbonyl (C=O) groups excluding carboxylic acids is 1. The van der Waals surface area contributed by atoms with Crippen molar-refractivity contribution in [2.24, 2.45) is 5.92 Å². The summed E-state index contributed by atoms with van der Waals surface area (Å²) in [5, 5.41) is 10.4. The summed E-state index contributed by atoms with van der Waals surface area (Å²) in [7, 11) is 0. The molecular weight excluding hydrogens is 158 g/mol. The van der Waals surface area contributed by atoms with Gasteiger partial charge in [-0.3, -0.25) is 14.9 Å². The second-order valence-corrected chi connectivity index (χ2v) is 3.32. The molecule has 1 aliphatic carbocycles. The van der Waals surface area contributed by atoms with Crippen molar-refractivity contribution in [2.75, 3.05) is 0 Å². The van der Waals surface area contributed by atoms with Crippen LogP contribution in [0.4, 0.5) is 0 Å². The van der Waals surface area contributed by atoms with Crippen molar-refractivity contribution in [1.82, 2.24) is 0 Å². The lowest BCUT2D eigenvalue weighted by Gasteiger charge is -2.21. The molecule has 0 amide bonds. The van der Waals surface area contributed by atoms with Gasteiger partial charge in [-0.15, -0.1) is 0 Å². The highest BCUT2D eigenvalue weighted by Crippen LogP contribution is 2.25. The van der Waals surface area contributed by atoms with Crippen LogP contribution in [0, 0.1) is 16.0 Å². The van der Waals surface area contributed by atoms with Crippen LogP contribution >= 0.6 is 0 Å². The second kappa shape index (κ2) is 3.65. The molecule has 0 aromatic heterocycles. The smallest absolute Gasteiger partial charge is 0.270 e. The molecule has 2 atom stereocenters. The van der Waals surface area contributed by atoms with E-state index in [-0.39, 0.29) is 5.78 Å². The fourth-order valence-corrected chi connectivity index (χ4v) is 1.65. The summed E-state index contributed by atoms with van der Waals surface area (Å²) < 4.78 is 0. The monoisotopic (exact) mass is 171 g/mol. The van der Waals surface area contributed by atoms with Crippen molar-refractivity contribution in [3.8, 4) is 0 Å². The van der Waals surface area contributed by atoms with E-state index in [0.717, 1.165) is 12.8 Å². The topological polar surface area (TPSA) is 60.2 Å². The third-order valence-electron chi connectivity index (χ3n) is 2.56. The number of hydrogen-bond donors (Lipinski definition) is 0. The van der Waals surface area contributed by atoms with Crippen LogP contribution in [0.1, 0.15) is 32.6 Å². The van der Waals surface area contributed by atoms with E-state index in [9.17, 15) is 14.9 Å². The Morgan fingerprint density at radius 3 is 2.83 bits per heavy atom. The molecule has 68 valence electrons. The minimum Gasteiger partial charge on any atom is -0.292 e. The molecule has 0 heterocycles. The normalized spacial score (nSPS) is 30.2. The minimum atomic E-state index is -0.913. The van der Waals surface area contributed by atoms with Crippen LogP contribution in [0.3, 0.4) is 0 Å². The summed E-state index contributed by atoms with van der Waals surface area (Å²) in [6.45, 7) is 2.01. The predicted molar refractivity (Wildman–Crippen MR) is 43.4 cm³/mol. The lowest BCUT2D eigenvalue weighted by atomic mass is 9.84. The van der Waals surface area contributed by atoms with E-state index in [1.165, 1.54) is 0 Å². The molecule has 1 aliphatic rings. The first-order valence-corrected chi connectivity index (χ1v) is 4.31. The van der Waals surface area contributed by atoms with E-state index in [0.29, 0.717) is 18.8 Å². The van der Waals surface area contributed by atoms with Crippen molar-refractivity contribution < 1.29 is 9.72 Å². The number of rotatable bonds is 2. The number of Topliss-reactive ketones (excluding diaryl/α,β-unsaturated/α-hetero) is 1. The summed E-state index contributed by atoms with van der Waals surface area (Å²) >= 11 is 0. The van der Waals surface area contributed by atoms with E-state index < -0.39 is 11.0 Å². The molecule has 0 N–H and O–H groups in total. The highest BCUT2D eigenvalue weighted by atomic mass is 16.6. The molecule has 4 heteroatoms. The lowest BCUT2D eigenvalue weighted by Crippen LogP contribution is -2.35. The predicted octanol–water partition coefficient (Wildman–Crippen LogP) is 1.41. The summed E-state index contributed by atoms with van der Waals surface area (Å²) in [5.41, 5.74) is 0. The van der Waals surface area contributed by atoms with E-state index in [4.69, 9.17) is 0 Å². The molecule has 1 rings (SSSR count). The highest BCUT2D eigenvalue weighted by molar-refractivity contribution is 5.83. The van der Waals surface area contributed by atoms with Crippen LogP contribution in [0.2, 0.25) is 0 Å². The van der Waals surface area contributed by atoms with Gasteiger partial charge in [0.2, 0.25) is 5.78 Å². The molecule has 0 unspecified atom stereocenters. The maximum atomic E-state index is 11.1. The van der Waals surface area contributed by atoms with Gasteiger partial charge in [0.05, 0.1) is 0 Å². The van der Waals surface area contributed by atoms with Crippen LogP contribution in [-0.4, -0.2) is 16.7 Å². The number of nitro groups is 1. The van der Waals surface area contributed by atoms with Crippen LogP contribution in [0.15, 0.2) is 0 Å². The molecule has 0 radical (unpaired) electrons. The fraction of sp³-hybridized carbons (Fsp3) is 0.875. The van der Waals surface area contributed by atoms with E-state index in [2.05, 4.69) is 0 Å². The van der Waals surface area contributed by atoms with Crippen LogP contribution in [-0.2, 0) is 4.79 Å². The third kappa shape index (κ3) is 1.81. The van der Waals surface area contributed by atoms with Gasteiger partial charge in [0, 0.05) is 17.8 Å². The largest absolute Gasteiger partial charge is 0.292 e. The first-order valence-electron chi connectivity index (χ1n) is 4.31. The van der Waals surface area contributed by atoms with Crippen LogP contribution < -0.4 is 0 Å². The van der Waals surface area contributed by atoms with Gasteiger partial charge in [-0.05, 0) is 12.3 Å². The average Bonchev–Trinajstić information content (AvgIpc) is 2.05. The van der Waals surface area contributed by atoms with E-state index in [1.54, 1.807) is 0 Å². The van der Waals surface area contributed by atoms with Crippen molar-refractivity contribution >= 4 is 5.78 Å². The second-order valence-electron chi connectivity index (χ2n) is 3.32. The number of nitrogens with zero attached hydrogens (tertiary/aromatic N) is 1. The molecule has 0 aromatic rings. The molecular formula is C8H13NO3. The third-order valence-corrected chi connectivity index (χ3v) is 2.56. The Bertz CT molecular complexity index is 202. The zero-order chi connectivity index (χ0) is 9.14. The van der Waals surface area contributed by atoms with Gasteiger partial charge in [-0.25, -0.2) is 0 Å². The summed E-state index contributed by atoms with van der Waals surface area (Å²) in [4.78, 5) is 21.0. The Hall–Kier alpha value is -0.930. The summed E-state index contributed by atoms with van der Waals surface area (Å²) in [6, 6.07) is -0.913. The average molecular weight is 171 g/mol. The van der Waals surface area contributed by atoms with E-state index >= 15 is 0 Å². The Morgan fingerprint density at radius 2 is 2.33 bits per heavy atom. The summed E-state index contributed by atoms with van der Waals surface area (Å²) in [5.74, 6) is 0.183. The van der Waals surface area contributed by atoms with Crippen molar-refractivity contribution in [2.45, 2.75) is 38.6 Å². The zero-order valence-electron chi connectivity index (χ0n) is 7.16. The van der Waals surface area contributed by atoms with E-state index in [1.807, 2.05) is 6.92 Å². The number of ketones is 1. The quantitative estimate of drug-likeness (QED) is 0.466. The first-order chi connectivity index (χ1) is 5.65. The molecule has 0 aliphatic heterocycles. The van der Waals surface area contributed by atoms with Crippen LogP contribution in [0.25, 0.3) is 0 Å². The molecule has 12 heavy (non-hydrogen) atoms. The SMILES string of the molecule is CC[C@@H]1CCC(=O)[C@@H]([N+](=O)[O-])C1. The zero-order valence-corrected chi connectivity index (χ0v) is 7.16. The molecule has 1 fully saturated rings. The van der Waals surface area contributed by atoms with Crippen molar-refractivity contribution in [3.63, 3.8) is 0 Å². The molecule has 0 bridgehead atoms. The van der Waals surface area contributed by atoms with Gasteiger partial charge in [0.1, 0.15) is 0 Å². The maximum Gasteiger partial charge on any atom is 0.270 e. The van der Waals surface area contributed by atoms with Gasteiger partial charge in [-0.2, -0.15) is 0 Å². The molecule has 0 spiro atoms. The van der Waals surface area contributed by atoms with Gasteiger partial charge in [-0.1, -0.05) is 13.3 Å². The molecule has 1 saturated carbocycles. The highest BCUT2D eigenvalue weighted by Gasteiger charge is 2.35. The Balaban J connectivity index is 2.59. The lowest BCUT2D eigenvalue weighted by molar-refractivity contribution is -0.510. The van der Waals surface area contributed by atoms with Crippen molar-refractivity contribution in [3.05, 3.63) is 10.1 Å². The number of hydrogen-bond acceptors (Lipinski definition) is 3. The Morgan fingerprint density at radius 1 is 1.67 bits per heavy atom. The van der Waals surface area contributed by atoms with Gasteiger partial charge in [0.15, 0.2) is 0 Å². The van der Waals surface area contributed by atoms with Gasteiger partial charge >= 0.3 is 0 Å². The maximum absolute atomic E-state index is 11.1. The summed E-state index contributed by atoms with van der Waals surface area (Å²) in [6.07, 6.45) is 2.61. The Labute approximate surface area is 71.1 Å². The number of carbonyl (C=O) groups is 1. The molecule has 4 nitrogen and oxygen atoms in total. The fourth-order valence-electron chi connectivity index (χ4n) is 1.65. The molecule has 0 saturated heterocycles.